The van der Waals surface area contributed by atoms with Crippen molar-refractivity contribution in [2.75, 3.05) is 26.9 Å². The maximum absolute atomic E-state index is 13.5. The van der Waals surface area contributed by atoms with Crippen molar-refractivity contribution in [1.29, 1.82) is 0 Å². The molecule has 1 N–H and O–H groups in total. The molecule has 1 heterocycles. The molecule has 0 bridgehead atoms. The van der Waals surface area contributed by atoms with Gasteiger partial charge in [0.15, 0.2) is 5.79 Å². The standard InChI is InChI=1S/C17H23FO5/c1-20-15-3-2-12(18)10-14(15)16(11-19)23-13-4-6-17(7-5-13)21-8-9-22-17/h2-3,10,13,16,19H,4-9,11H2,1H3. The van der Waals surface area contributed by atoms with Gasteiger partial charge < -0.3 is 24.1 Å². The molecule has 1 saturated carbocycles. The highest BCUT2D eigenvalue weighted by atomic mass is 19.1. The predicted octanol–water partition coefficient (Wildman–Crippen LogP) is 2.57. The van der Waals surface area contributed by atoms with Crippen molar-refractivity contribution in [1.82, 2.24) is 0 Å². The van der Waals surface area contributed by atoms with Gasteiger partial charge in [-0.15, -0.1) is 0 Å². The molecule has 5 nitrogen and oxygen atoms in total. The second kappa shape index (κ2) is 7.13. The van der Waals surface area contributed by atoms with Crippen LogP contribution in [0.3, 0.4) is 0 Å². The topological polar surface area (TPSA) is 57.2 Å². The van der Waals surface area contributed by atoms with Crippen molar-refractivity contribution in [3.05, 3.63) is 29.6 Å². The van der Waals surface area contributed by atoms with E-state index in [9.17, 15) is 9.50 Å². The highest BCUT2D eigenvalue weighted by Crippen LogP contribution is 2.39. The van der Waals surface area contributed by atoms with E-state index in [0.29, 0.717) is 24.5 Å². The monoisotopic (exact) mass is 326 g/mol. The number of hydrogen-bond acceptors (Lipinski definition) is 5. The number of benzene rings is 1. The van der Waals surface area contributed by atoms with E-state index in [-0.39, 0.29) is 18.5 Å². The number of aliphatic hydroxyl groups excluding tert-OH is 1. The number of halogens is 1. The van der Waals surface area contributed by atoms with E-state index in [4.69, 9.17) is 18.9 Å². The first kappa shape index (κ1) is 16.6. The smallest absolute Gasteiger partial charge is 0.168 e. The lowest BCUT2D eigenvalue weighted by atomic mass is 9.91. The molecule has 1 atom stereocenters. The molecule has 0 aromatic heterocycles. The molecular formula is C17H23FO5. The van der Waals surface area contributed by atoms with Crippen LogP contribution in [0.15, 0.2) is 18.2 Å². The molecular weight excluding hydrogens is 303 g/mol. The van der Waals surface area contributed by atoms with E-state index in [1.165, 1.54) is 19.2 Å². The first-order valence-corrected chi connectivity index (χ1v) is 8.03. The summed E-state index contributed by atoms with van der Waals surface area (Å²) in [5.74, 6) is -0.302. The van der Waals surface area contributed by atoms with Crippen molar-refractivity contribution < 1.29 is 28.4 Å². The number of rotatable bonds is 5. The maximum Gasteiger partial charge on any atom is 0.168 e. The fourth-order valence-electron chi connectivity index (χ4n) is 3.36. The summed E-state index contributed by atoms with van der Waals surface area (Å²) >= 11 is 0. The van der Waals surface area contributed by atoms with Crippen LogP contribution >= 0.6 is 0 Å². The maximum atomic E-state index is 13.5. The summed E-state index contributed by atoms with van der Waals surface area (Å²) < 4.78 is 36.2. The van der Waals surface area contributed by atoms with Gasteiger partial charge in [0.2, 0.25) is 0 Å². The first-order valence-electron chi connectivity index (χ1n) is 8.03. The van der Waals surface area contributed by atoms with Crippen LogP contribution in [0.2, 0.25) is 0 Å². The van der Waals surface area contributed by atoms with Crippen molar-refractivity contribution in [2.24, 2.45) is 0 Å². The Balaban J connectivity index is 1.65. The molecule has 1 saturated heterocycles. The van der Waals surface area contributed by atoms with Crippen molar-refractivity contribution >= 4 is 0 Å². The molecule has 2 fully saturated rings. The highest BCUT2D eigenvalue weighted by Gasteiger charge is 2.41. The molecule has 1 spiro atoms. The molecule has 128 valence electrons. The Morgan fingerprint density at radius 1 is 1.30 bits per heavy atom. The third kappa shape index (κ3) is 3.66. The van der Waals surface area contributed by atoms with Crippen LogP contribution in [0, 0.1) is 5.82 Å². The minimum absolute atomic E-state index is 0.0152. The summed E-state index contributed by atoms with van der Waals surface area (Å²) in [5, 5.41) is 9.67. The van der Waals surface area contributed by atoms with Crippen LogP contribution < -0.4 is 4.74 Å². The van der Waals surface area contributed by atoms with Gasteiger partial charge in [0.25, 0.3) is 0 Å². The van der Waals surface area contributed by atoms with Crippen LogP contribution in [-0.4, -0.2) is 43.9 Å². The van der Waals surface area contributed by atoms with Gasteiger partial charge in [0.1, 0.15) is 17.7 Å². The number of aliphatic hydroxyl groups is 1. The van der Waals surface area contributed by atoms with E-state index >= 15 is 0 Å². The summed E-state index contributed by atoms with van der Waals surface area (Å²) in [5.41, 5.74) is 0.531. The van der Waals surface area contributed by atoms with Gasteiger partial charge >= 0.3 is 0 Å². The molecule has 1 unspecified atom stereocenters. The fraction of sp³-hybridized carbons (Fsp3) is 0.647. The van der Waals surface area contributed by atoms with Gasteiger partial charge in [-0.25, -0.2) is 4.39 Å². The lowest BCUT2D eigenvalue weighted by Crippen LogP contribution is -2.38. The van der Waals surface area contributed by atoms with Gasteiger partial charge in [0.05, 0.1) is 33.0 Å². The van der Waals surface area contributed by atoms with Crippen molar-refractivity contribution in [3.8, 4) is 5.75 Å². The molecule has 6 heteroatoms. The molecule has 1 aliphatic heterocycles. The molecule has 3 rings (SSSR count). The van der Waals surface area contributed by atoms with Gasteiger partial charge in [0, 0.05) is 18.4 Å². The second-order valence-electron chi connectivity index (χ2n) is 6.00. The van der Waals surface area contributed by atoms with Crippen molar-refractivity contribution in [2.45, 2.75) is 43.7 Å². The molecule has 0 amide bonds. The Morgan fingerprint density at radius 3 is 2.61 bits per heavy atom. The van der Waals surface area contributed by atoms with Crippen LogP contribution in [0.25, 0.3) is 0 Å². The van der Waals surface area contributed by atoms with E-state index in [0.717, 1.165) is 25.7 Å². The Kier molecular flexibility index (Phi) is 5.16. The zero-order chi connectivity index (χ0) is 16.3. The number of ether oxygens (including phenoxy) is 4. The van der Waals surface area contributed by atoms with E-state index in [2.05, 4.69) is 0 Å². The molecule has 0 radical (unpaired) electrons. The van der Waals surface area contributed by atoms with Gasteiger partial charge in [-0.3, -0.25) is 0 Å². The van der Waals surface area contributed by atoms with Crippen LogP contribution in [0.4, 0.5) is 4.39 Å². The lowest BCUT2D eigenvalue weighted by molar-refractivity contribution is -0.197. The van der Waals surface area contributed by atoms with Gasteiger partial charge in [-0.1, -0.05) is 0 Å². The Bertz CT molecular complexity index is 520. The van der Waals surface area contributed by atoms with E-state index in [1.54, 1.807) is 6.07 Å². The van der Waals surface area contributed by atoms with E-state index < -0.39 is 11.9 Å². The fourth-order valence-corrected chi connectivity index (χ4v) is 3.36. The Morgan fingerprint density at radius 2 is 2.00 bits per heavy atom. The lowest BCUT2D eigenvalue weighted by Gasteiger charge is -2.36. The Hall–Kier alpha value is -1.21. The molecule has 1 aromatic rings. The minimum Gasteiger partial charge on any atom is -0.496 e. The summed E-state index contributed by atoms with van der Waals surface area (Å²) in [7, 11) is 1.52. The molecule has 1 aliphatic carbocycles. The van der Waals surface area contributed by atoms with Crippen LogP contribution in [-0.2, 0) is 14.2 Å². The van der Waals surface area contributed by atoms with Gasteiger partial charge in [-0.2, -0.15) is 0 Å². The third-order valence-corrected chi connectivity index (χ3v) is 4.57. The van der Waals surface area contributed by atoms with Gasteiger partial charge in [-0.05, 0) is 31.0 Å². The van der Waals surface area contributed by atoms with Crippen LogP contribution in [0.5, 0.6) is 5.75 Å². The highest BCUT2D eigenvalue weighted by molar-refractivity contribution is 5.36. The van der Waals surface area contributed by atoms with Crippen LogP contribution in [0.1, 0.15) is 37.4 Å². The molecule has 23 heavy (non-hydrogen) atoms. The third-order valence-electron chi connectivity index (χ3n) is 4.57. The summed E-state index contributed by atoms with van der Waals surface area (Å²) in [6, 6.07) is 4.23. The number of methoxy groups -OCH3 is 1. The zero-order valence-corrected chi connectivity index (χ0v) is 13.3. The predicted molar refractivity (Wildman–Crippen MR) is 80.8 cm³/mol. The first-order chi connectivity index (χ1) is 11.2. The SMILES string of the molecule is COc1ccc(F)cc1C(CO)OC1CCC2(CC1)OCCO2. The molecule has 2 aliphatic rings. The Labute approximate surface area is 135 Å². The average Bonchev–Trinajstić information content (AvgIpc) is 3.03. The average molecular weight is 326 g/mol. The largest absolute Gasteiger partial charge is 0.496 e. The number of hydrogen-bond donors (Lipinski definition) is 1. The zero-order valence-electron chi connectivity index (χ0n) is 13.3. The normalized spacial score (nSPS) is 22.4. The summed E-state index contributed by atoms with van der Waals surface area (Å²) in [6.07, 6.45) is 2.50. The second-order valence-corrected chi connectivity index (χ2v) is 6.00. The molecule has 1 aromatic carbocycles. The summed E-state index contributed by atoms with van der Waals surface area (Å²) in [6.45, 7) is 1.06. The minimum atomic E-state index is -0.606. The quantitative estimate of drug-likeness (QED) is 0.901. The summed E-state index contributed by atoms with van der Waals surface area (Å²) in [4.78, 5) is 0. The van der Waals surface area contributed by atoms with Crippen molar-refractivity contribution in [3.63, 3.8) is 0 Å². The van der Waals surface area contributed by atoms with E-state index in [1.807, 2.05) is 0 Å².